The van der Waals surface area contributed by atoms with E-state index in [0.29, 0.717) is 13.1 Å². The number of allylic oxidation sites excluding steroid dienone is 1. The number of nitrogens with one attached hydrogen (secondary N) is 2. The molecule has 4 rings (SSSR count). The number of rotatable bonds is 7. The highest BCUT2D eigenvalue weighted by molar-refractivity contribution is 5.95. The van der Waals surface area contributed by atoms with Crippen LogP contribution in [0, 0.1) is 5.92 Å². The second kappa shape index (κ2) is 9.45. The maximum atomic E-state index is 13.2. The van der Waals surface area contributed by atoms with Gasteiger partial charge in [0.2, 0.25) is 5.91 Å². The normalized spacial score (nSPS) is 18.3. The van der Waals surface area contributed by atoms with E-state index < -0.39 is 0 Å². The average Bonchev–Trinajstić information content (AvgIpc) is 3.14. The van der Waals surface area contributed by atoms with Crippen LogP contribution in [-0.2, 0) is 17.9 Å². The Morgan fingerprint density at radius 3 is 1.93 bits per heavy atom. The van der Waals surface area contributed by atoms with Crippen molar-refractivity contribution in [3.05, 3.63) is 119 Å². The van der Waals surface area contributed by atoms with Crippen LogP contribution in [0.5, 0.6) is 0 Å². The molecule has 0 aromatic heterocycles. The SMILES string of the molecule is CC1CC(c2ccccc2)C(NCc2ccccc2)=C1C(=O)NCc1ccccc1. The summed E-state index contributed by atoms with van der Waals surface area (Å²) in [7, 11) is 0. The van der Waals surface area contributed by atoms with Crippen molar-refractivity contribution in [1.29, 1.82) is 0 Å². The lowest BCUT2D eigenvalue weighted by Gasteiger charge is -2.19. The van der Waals surface area contributed by atoms with Crippen LogP contribution < -0.4 is 10.6 Å². The molecule has 1 aliphatic carbocycles. The first kappa shape index (κ1) is 20.0. The fourth-order valence-electron chi connectivity index (χ4n) is 4.26. The summed E-state index contributed by atoms with van der Waals surface area (Å²) in [6.45, 7) is 3.41. The molecule has 30 heavy (non-hydrogen) atoms. The Morgan fingerprint density at radius 2 is 1.33 bits per heavy atom. The molecule has 0 aliphatic heterocycles. The minimum absolute atomic E-state index is 0.0281. The Morgan fingerprint density at radius 1 is 0.800 bits per heavy atom. The van der Waals surface area contributed by atoms with Gasteiger partial charge in [0.15, 0.2) is 0 Å². The number of carbonyl (C=O) groups is 1. The van der Waals surface area contributed by atoms with Crippen molar-refractivity contribution in [3.63, 3.8) is 0 Å². The van der Waals surface area contributed by atoms with Crippen LogP contribution in [0.2, 0.25) is 0 Å². The molecule has 1 aliphatic rings. The first-order valence-electron chi connectivity index (χ1n) is 10.6. The molecule has 2 N–H and O–H groups in total. The Kier molecular flexibility index (Phi) is 6.29. The smallest absolute Gasteiger partial charge is 0.249 e. The van der Waals surface area contributed by atoms with E-state index in [-0.39, 0.29) is 17.7 Å². The summed E-state index contributed by atoms with van der Waals surface area (Å²) in [6, 6.07) is 30.9. The molecule has 2 atom stereocenters. The van der Waals surface area contributed by atoms with Crippen LogP contribution in [0.25, 0.3) is 0 Å². The van der Waals surface area contributed by atoms with Crippen molar-refractivity contribution in [2.75, 3.05) is 0 Å². The van der Waals surface area contributed by atoms with Gasteiger partial charge >= 0.3 is 0 Å². The molecular formula is C27H28N2O. The molecule has 0 bridgehead atoms. The highest BCUT2D eigenvalue weighted by Crippen LogP contribution is 2.42. The molecule has 0 saturated heterocycles. The third-order valence-electron chi connectivity index (χ3n) is 5.79. The van der Waals surface area contributed by atoms with Gasteiger partial charge in [0.05, 0.1) is 0 Å². The average molecular weight is 397 g/mol. The Bertz CT molecular complexity index is 997. The second-order valence-corrected chi connectivity index (χ2v) is 7.93. The summed E-state index contributed by atoms with van der Waals surface area (Å²) in [4.78, 5) is 13.2. The van der Waals surface area contributed by atoms with E-state index in [4.69, 9.17) is 0 Å². The quantitative estimate of drug-likeness (QED) is 0.578. The van der Waals surface area contributed by atoms with E-state index in [1.54, 1.807) is 0 Å². The molecule has 3 nitrogen and oxygen atoms in total. The Hall–Kier alpha value is -3.33. The molecule has 0 saturated carbocycles. The topological polar surface area (TPSA) is 41.1 Å². The minimum atomic E-state index is 0.0281. The number of hydrogen-bond acceptors (Lipinski definition) is 2. The number of amides is 1. The molecule has 2 unspecified atom stereocenters. The predicted octanol–water partition coefficient (Wildman–Crippen LogP) is 5.17. The Labute approximate surface area is 178 Å². The van der Waals surface area contributed by atoms with Crippen LogP contribution >= 0.6 is 0 Å². The molecule has 0 radical (unpaired) electrons. The van der Waals surface area contributed by atoms with Gasteiger partial charge in [0, 0.05) is 30.3 Å². The largest absolute Gasteiger partial charge is 0.383 e. The fourth-order valence-corrected chi connectivity index (χ4v) is 4.26. The van der Waals surface area contributed by atoms with Gasteiger partial charge < -0.3 is 10.6 Å². The highest BCUT2D eigenvalue weighted by atomic mass is 16.1. The van der Waals surface area contributed by atoms with E-state index in [1.165, 1.54) is 11.1 Å². The number of carbonyl (C=O) groups excluding carboxylic acids is 1. The second-order valence-electron chi connectivity index (χ2n) is 7.93. The van der Waals surface area contributed by atoms with Gasteiger partial charge in [-0.2, -0.15) is 0 Å². The van der Waals surface area contributed by atoms with Crippen molar-refractivity contribution in [1.82, 2.24) is 10.6 Å². The number of hydrogen-bond donors (Lipinski definition) is 2. The predicted molar refractivity (Wildman–Crippen MR) is 122 cm³/mol. The zero-order valence-electron chi connectivity index (χ0n) is 17.3. The van der Waals surface area contributed by atoms with Gasteiger partial charge in [-0.25, -0.2) is 0 Å². The molecule has 0 fully saturated rings. The zero-order valence-corrected chi connectivity index (χ0v) is 17.3. The van der Waals surface area contributed by atoms with Crippen LogP contribution in [-0.4, -0.2) is 5.91 Å². The van der Waals surface area contributed by atoms with Gasteiger partial charge in [-0.3, -0.25) is 4.79 Å². The first-order chi connectivity index (χ1) is 14.7. The molecule has 3 aromatic carbocycles. The van der Waals surface area contributed by atoms with Gasteiger partial charge in [0.1, 0.15) is 0 Å². The summed E-state index contributed by atoms with van der Waals surface area (Å²) < 4.78 is 0. The van der Waals surface area contributed by atoms with Crippen molar-refractivity contribution in [3.8, 4) is 0 Å². The molecule has 3 heteroatoms. The van der Waals surface area contributed by atoms with E-state index in [1.807, 2.05) is 54.6 Å². The van der Waals surface area contributed by atoms with Crippen LogP contribution in [0.1, 0.15) is 36.0 Å². The molecule has 0 heterocycles. The van der Waals surface area contributed by atoms with E-state index >= 15 is 0 Å². The van der Waals surface area contributed by atoms with Gasteiger partial charge in [-0.15, -0.1) is 0 Å². The van der Waals surface area contributed by atoms with Gasteiger partial charge in [0.25, 0.3) is 0 Å². The monoisotopic (exact) mass is 396 g/mol. The van der Waals surface area contributed by atoms with E-state index in [2.05, 4.69) is 54.0 Å². The van der Waals surface area contributed by atoms with Crippen LogP contribution in [0.4, 0.5) is 0 Å². The Balaban J connectivity index is 1.59. The molecular weight excluding hydrogens is 368 g/mol. The lowest BCUT2D eigenvalue weighted by atomic mass is 9.94. The zero-order chi connectivity index (χ0) is 20.8. The van der Waals surface area contributed by atoms with E-state index in [9.17, 15) is 4.79 Å². The van der Waals surface area contributed by atoms with Crippen LogP contribution in [0.3, 0.4) is 0 Å². The standard InChI is InChI=1S/C27H28N2O/c1-20-17-24(23-15-9-4-10-16-23)26(28-18-21-11-5-2-6-12-21)25(20)27(30)29-19-22-13-7-3-8-14-22/h2-16,20,24,28H,17-19H2,1H3,(H,29,30). The summed E-state index contributed by atoms with van der Waals surface area (Å²) in [6.07, 6.45) is 0.940. The lowest BCUT2D eigenvalue weighted by Crippen LogP contribution is -2.28. The maximum Gasteiger partial charge on any atom is 0.249 e. The van der Waals surface area contributed by atoms with E-state index in [0.717, 1.165) is 23.3 Å². The third-order valence-corrected chi connectivity index (χ3v) is 5.79. The molecule has 152 valence electrons. The highest BCUT2D eigenvalue weighted by Gasteiger charge is 2.35. The lowest BCUT2D eigenvalue weighted by molar-refractivity contribution is -0.118. The number of benzene rings is 3. The summed E-state index contributed by atoms with van der Waals surface area (Å²) in [5.41, 5.74) is 5.51. The molecule has 0 spiro atoms. The fraction of sp³-hybridized carbons (Fsp3) is 0.222. The summed E-state index contributed by atoms with van der Waals surface area (Å²) >= 11 is 0. The summed E-state index contributed by atoms with van der Waals surface area (Å²) in [5.74, 6) is 0.437. The van der Waals surface area contributed by atoms with Gasteiger partial charge in [-0.05, 0) is 29.0 Å². The molecule has 3 aromatic rings. The third kappa shape index (κ3) is 4.62. The van der Waals surface area contributed by atoms with Crippen molar-refractivity contribution < 1.29 is 4.79 Å². The summed E-state index contributed by atoms with van der Waals surface area (Å²) in [5, 5.41) is 6.76. The van der Waals surface area contributed by atoms with Crippen molar-refractivity contribution >= 4 is 5.91 Å². The first-order valence-corrected chi connectivity index (χ1v) is 10.6. The van der Waals surface area contributed by atoms with Gasteiger partial charge in [-0.1, -0.05) is 97.9 Å². The molecule has 1 amide bonds. The minimum Gasteiger partial charge on any atom is -0.383 e. The maximum absolute atomic E-state index is 13.2. The van der Waals surface area contributed by atoms with Crippen LogP contribution in [0.15, 0.2) is 102 Å². The van der Waals surface area contributed by atoms with Crippen molar-refractivity contribution in [2.45, 2.75) is 32.4 Å². The van der Waals surface area contributed by atoms with Crippen molar-refractivity contribution in [2.24, 2.45) is 5.92 Å².